The Kier molecular flexibility index (Phi) is 2.36. The van der Waals surface area contributed by atoms with Crippen LogP contribution >= 0.6 is 11.6 Å². The lowest BCUT2D eigenvalue weighted by Crippen LogP contribution is -2.48. The van der Waals surface area contributed by atoms with Gasteiger partial charge in [0.05, 0.1) is 22.9 Å². The lowest BCUT2D eigenvalue weighted by molar-refractivity contribution is 0.137. The number of nitrogens with zero attached hydrogens (tertiary/aromatic N) is 3. The smallest absolute Gasteiger partial charge is 0.407 e. The minimum atomic E-state index is -0.825. The zero-order chi connectivity index (χ0) is 12.0. The molecule has 5 nitrogen and oxygen atoms in total. The van der Waals surface area contributed by atoms with E-state index >= 15 is 0 Å². The quantitative estimate of drug-likeness (QED) is 0.827. The summed E-state index contributed by atoms with van der Waals surface area (Å²) in [5, 5.41) is 9.69. The largest absolute Gasteiger partial charge is 0.465 e. The number of likely N-dealkylation sites (tertiary alicyclic amines) is 1. The van der Waals surface area contributed by atoms with Gasteiger partial charge in [-0.15, -0.1) is 0 Å². The molecule has 0 unspecified atom stereocenters. The Morgan fingerprint density at radius 1 is 1.47 bits per heavy atom. The summed E-state index contributed by atoms with van der Waals surface area (Å²) in [5.74, 6) is 0. The van der Waals surface area contributed by atoms with Crippen molar-refractivity contribution in [1.82, 2.24) is 9.88 Å². The summed E-state index contributed by atoms with van der Waals surface area (Å²) < 4.78 is 0. The molecule has 0 saturated carbocycles. The highest BCUT2D eigenvalue weighted by molar-refractivity contribution is 6.33. The number of carboxylic acid groups (broad SMARTS) is 1. The van der Waals surface area contributed by atoms with Gasteiger partial charge in [0.25, 0.3) is 0 Å². The van der Waals surface area contributed by atoms with Gasteiger partial charge in [-0.25, -0.2) is 4.79 Å². The van der Waals surface area contributed by atoms with Crippen LogP contribution in [0.3, 0.4) is 0 Å². The van der Waals surface area contributed by atoms with E-state index in [0.29, 0.717) is 18.1 Å². The van der Waals surface area contributed by atoms with Crippen LogP contribution in [0, 0.1) is 0 Å². The van der Waals surface area contributed by atoms with Gasteiger partial charge in [0, 0.05) is 25.3 Å². The second-order valence-electron chi connectivity index (χ2n) is 4.46. The molecule has 1 N–H and O–H groups in total. The van der Waals surface area contributed by atoms with Crippen LogP contribution in [0.15, 0.2) is 18.5 Å². The fourth-order valence-corrected chi connectivity index (χ4v) is 2.99. The number of pyridine rings is 1. The van der Waals surface area contributed by atoms with Crippen molar-refractivity contribution in [3.63, 3.8) is 0 Å². The monoisotopic (exact) mass is 253 g/mol. The second kappa shape index (κ2) is 3.77. The molecule has 1 amide bonds. The fraction of sp³-hybridized carbons (Fsp3) is 0.455. The Bertz CT molecular complexity index is 468. The Hall–Kier alpha value is -1.49. The molecule has 2 fully saturated rings. The number of amides is 1. The Morgan fingerprint density at radius 2 is 2.29 bits per heavy atom. The average Bonchev–Trinajstić information content (AvgIpc) is 2.88. The van der Waals surface area contributed by atoms with E-state index in [-0.39, 0.29) is 12.1 Å². The Labute approximate surface area is 104 Å². The van der Waals surface area contributed by atoms with E-state index < -0.39 is 6.09 Å². The standard InChI is InChI=1S/C11H12ClN3O2/c12-9-1-2-13-4-10(9)14-5-8-3-7(14)6-15(8)11(16)17/h1-2,4,7-8H,3,5-6H2,(H,16,17)/t7-,8-/m0/s1. The third kappa shape index (κ3) is 1.61. The Morgan fingerprint density at radius 3 is 2.88 bits per heavy atom. The van der Waals surface area contributed by atoms with Gasteiger partial charge in [0.15, 0.2) is 0 Å². The highest BCUT2D eigenvalue weighted by Gasteiger charge is 2.45. The number of halogens is 1. The van der Waals surface area contributed by atoms with Crippen LogP contribution in [-0.2, 0) is 0 Å². The number of aromatic nitrogens is 1. The van der Waals surface area contributed by atoms with Crippen LogP contribution in [0.25, 0.3) is 0 Å². The summed E-state index contributed by atoms with van der Waals surface area (Å²) in [6, 6.07) is 2.09. The average molecular weight is 254 g/mol. The first kappa shape index (κ1) is 10.7. The minimum absolute atomic E-state index is 0.0915. The maximum atomic E-state index is 11.0. The fourth-order valence-electron chi connectivity index (χ4n) is 2.78. The van der Waals surface area contributed by atoms with Gasteiger partial charge in [0.1, 0.15) is 0 Å². The third-order valence-electron chi connectivity index (χ3n) is 3.54. The predicted molar refractivity (Wildman–Crippen MR) is 63.5 cm³/mol. The summed E-state index contributed by atoms with van der Waals surface area (Å²) in [6.07, 6.45) is 3.46. The highest BCUT2D eigenvalue weighted by atomic mass is 35.5. The molecule has 3 heterocycles. The number of rotatable bonds is 1. The van der Waals surface area contributed by atoms with Crippen molar-refractivity contribution in [2.75, 3.05) is 18.0 Å². The normalized spacial score (nSPS) is 26.6. The van der Waals surface area contributed by atoms with E-state index in [9.17, 15) is 4.79 Å². The number of anilines is 1. The van der Waals surface area contributed by atoms with E-state index in [1.165, 1.54) is 4.90 Å². The molecule has 2 bridgehead atoms. The maximum Gasteiger partial charge on any atom is 0.407 e. The lowest BCUT2D eigenvalue weighted by atomic mass is 10.2. The van der Waals surface area contributed by atoms with Crippen molar-refractivity contribution in [2.24, 2.45) is 0 Å². The van der Waals surface area contributed by atoms with Crippen molar-refractivity contribution in [2.45, 2.75) is 18.5 Å². The van der Waals surface area contributed by atoms with Crippen molar-refractivity contribution < 1.29 is 9.90 Å². The van der Waals surface area contributed by atoms with Gasteiger partial charge in [-0.3, -0.25) is 4.98 Å². The molecule has 1 aromatic rings. The molecule has 17 heavy (non-hydrogen) atoms. The SMILES string of the molecule is O=C(O)N1C[C@@H]2C[C@H]1CN2c1cnccc1Cl. The lowest BCUT2D eigenvalue weighted by Gasteiger charge is -2.34. The molecular weight excluding hydrogens is 242 g/mol. The maximum absolute atomic E-state index is 11.0. The van der Waals surface area contributed by atoms with Gasteiger partial charge in [-0.2, -0.15) is 0 Å². The van der Waals surface area contributed by atoms with Crippen LogP contribution in [0.2, 0.25) is 5.02 Å². The van der Waals surface area contributed by atoms with Crippen LogP contribution in [0.5, 0.6) is 0 Å². The van der Waals surface area contributed by atoms with Crippen molar-refractivity contribution >= 4 is 23.4 Å². The van der Waals surface area contributed by atoms with Crippen LogP contribution in [0.1, 0.15) is 6.42 Å². The third-order valence-corrected chi connectivity index (χ3v) is 3.86. The van der Waals surface area contributed by atoms with E-state index in [4.69, 9.17) is 16.7 Å². The first-order chi connectivity index (χ1) is 8.16. The van der Waals surface area contributed by atoms with E-state index in [0.717, 1.165) is 12.1 Å². The number of hydrogen-bond donors (Lipinski definition) is 1. The summed E-state index contributed by atoms with van der Waals surface area (Å²) in [5.41, 5.74) is 0.909. The highest BCUT2D eigenvalue weighted by Crippen LogP contribution is 2.37. The van der Waals surface area contributed by atoms with Gasteiger partial charge in [0.2, 0.25) is 0 Å². The molecule has 3 rings (SSSR count). The summed E-state index contributed by atoms with van der Waals surface area (Å²) in [7, 11) is 0. The molecular formula is C11H12ClN3O2. The van der Waals surface area contributed by atoms with Crippen molar-refractivity contribution in [3.8, 4) is 0 Å². The van der Waals surface area contributed by atoms with Gasteiger partial charge < -0.3 is 14.9 Å². The zero-order valence-electron chi connectivity index (χ0n) is 9.08. The second-order valence-corrected chi connectivity index (χ2v) is 4.86. The molecule has 1 aromatic heterocycles. The number of carbonyl (C=O) groups is 1. The van der Waals surface area contributed by atoms with Crippen molar-refractivity contribution in [1.29, 1.82) is 0 Å². The molecule has 0 radical (unpaired) electrons. The molecule has 90 valence electrons. The predicted octanol–water partition coefficient (Wildman–Crippen LogP) is 1.68. The van der Waals surface area contributed by atoms with Crippen LogP contribution < -0.4 is 4.90 Å². The molecule has 2 aliphatic rings. The van der Waals surface area contributed by atoms with Gasteiger partial charge in [-0.1, -0.05) is 11.6 Å². The molecule has 2 saturated heterocycles. The molecule has 2 atom stereocenters. The number of hydrogen-bond acceptors (Lipinski definition) is 3. The zero-order valence-corrected chi connectivity index (χ0v) is 9.84. The van der Waals surface area contributed by atoms with Crippen molar-refractivity contribution in [3.05, 3.63) is 23.5 Å². The van der Waals surface area contributed by atoms with Gasteiger partial charge in [-0.05, 0) is 12.5 Å². The molecule has 0 aliphatic carbocycles. The first-order valence-corrected chi connectivity index (χ1v) is 5.90. The van der Waals surface area contributed by atoms with Crippen LogP contribution in [-0.4, -0.2) is 46.3 Å². The molecule has 0 aromatic carbocycles. The summed E-state index contributed by atoms with van der Waals surface area (Å²) in [6.45, 7) is 1.27. The first-order valence-electron chi connectivity index (χ1n) is 5.52. The van der Waals surface area contributed by atoms with E-state index in [2.05, 4.69) is 9.88 Å². The molecule has 2 aliphatic heterocycles. The number of fused-ring (bicyclic) bond motifs is 2. The summed E-state index contributed by atoms with van der Waals surface area (Å²) in [4.78, 5) is 18.7. The number of piperazine rings is 1. The van der Waals surface area contributed by atoms with Gasteiger partial charge >= 0.3 is 6.09 Å². The van der Waals surface area contributed by atoms with E-state index in [1.807, 2.05) is 0 Å². The molecule has 6 heteroatoms. The Balaban J connectivity index is 1.83. The van der Waals surface area contributed by atoms with E-state index in [1.54, 1.807) is 18.5 Å². The van der Waals surface area contributed by atoms with Crippen LogP contribution in [0.4, 0.5) is 10.5 Å². The summed E-state index contributed by atoms with van der Waals surface area (Å²) >= 11 is 6.13. The molecule has 0 spiro atoms. The topological polar surface area (TPSA) is 56.7 Å². The minimum Gasteiger partial charge on any atom is -0.465 e.